The molecule has 4 nitrogen and oxygen atoms in total. The van der Waals surface area contributed by atoms with E-state index in [9.17, 15) is 4.79 Å². The van der Waals surface area contributed by atoms with Crippen molar-refractivity contribution < 1.29 is 14.3 Å². The summed E-state index contributed by atoms with van der Waals surface area (Å²) in [5.74, 6) is 1.54. The second-order valence-corrected chi connectivity index (χ2v) is 5.62. The van der Waals surface area contributed by atoms with E-state index < -0.39 is 0 Å². The molecule has 1 atom stereocenters. The van der Waals surface area contributed by atoms with Gasteiger partial charge in [0.25, 0.3) is 5.91 Å². The van der Waals surface area contributed by atoms with E-state index in [0.29, 0.717) is 12.2 Å². The van der Waals surface area contributed by atoms with E-state index in [0.717, 1.165) is 29.0 Å². The molecule has 2 aromatic carbocycles. The highest BCUT2D eigenvalue weighted by atomic mass is 16.5. The third kappa shape index (κ3) is 4.28. The highest BCUT2D eigenvalue weighted by molar-refractivity contribution is 5.94. The lowest BCUT2D eigenvalue weighted by atomic mass is 10.0. The second-order valence-electron chi connectivity index (χ2n) is 5.62. The molecule has 0 aromatic heterocycles. The average Bonchev–Trinajstić information content (AvgIpc) is 2.61. The fourth-order valence-corrected chi connectivity index (χ4v) is 2.61. The predicted octanol–water partition coefficient (Wildman–Crippen LogP) is 4.28. The van der Waals surface area contributed by atoms with Crippen molar-refractivity contribution in [3.63, 3.8) is 0 Å². The van der Waals surface area contributed by atoms with Crippen LogP contribution in [0.2, 0.25) is 0 Å². The van der Waals surface area contributed by atoms with Crippen LogP contribution in [-0.2, 0) is 0 Å². The summed E-state index contributed by atoms with van der Waals surface area (Å²) >= 11 is 0. The summed E-state index contributed by atoms with van der Waals surface area (Å²) < 4.78 is 10.7. The summed E-state index contributed by atoms with van der Waals surface area (Å²) in [6.45, 7) is 6.56. The molecule has 0 radical (unpaired) electrons. The Balaban J connectivity index is 2.12. The van der Waals surface area contributed by atoms with Gasteiger partial charge in [0.1, 0.15) is 11.5 Å². The first kappa shape index (κ1) is 17.9. The minimum atomic E-state index is -0.0798. The summed E-state index contributed by atoms with van der Waals surface area (Å²) in [7, 11) is 1.64. The quantitative estimate of drug-likeness (QED) is 0.825. The molecule has 0 spiro atoms. The van der Waals surface area contributed by atoms with Crippen LogP contribution in [-0.4, -0.2) is 19.6 Å². The van der Waals surface area contributed by atoms with Crippen molar-refractivity contribution in [2.75, 3.05) is 13.7 Å². The maximum Gasteiger partial charge on any atom is 0.251 e. The van der Waals surface area contributed by atoms with Gasteiger partial charge < -0.3 is 14.8 Å². The number of amides is 1. The molecule has 0 saturated heterocycles. The van der Waals surface area contributed by atoms with Crippen LogP contribution < -0.4 is 14.8 Å². The maximum atomic E-state index is 12.6. The lowest BCUT2D eigenvalue weighted by molar-refractivity contribution is 0.0935. The predicted molar refractivity (Wildman–Crippen MR) is 95.8 cm³/mol. The number of ether oxygens (including phenoxy) is 2. The van der Waals surface area contributed by atoms with Crippen LogP contribution >= 0.6 is 0 Å². The average molecular weight is 327 g/mol. The van der Waals surface area contributed by atoms with Gasteiger partial charge in [0.2, 0.25) is 0 Å². The molecule has 0 aliphatic rings. The molecule has 0 aliphatic heterocycles. The van der Waals surface area contributed by atoms with Gasteiger partial charge >= 0.3 is 0 Å². The van der Waals surface area contributed by atoms with Gasteiger partial charge in [-0.15, -0.1) is 0 Å². The summed E-state index contributed by atoms with van der Waals surface area (Å²) in [6.07, 6.45) is 0.814. The van der Waals surface area contributed by atoms with E-state index in [-0.39, 0.29) is 11.9 Å². The van der Waals surface area contributed by atoms with Crippen LogP contribution in [0.3, 0.4) is 0 Å². The van der Waals surface area contributed by atoms with E-state index in [1.165, 1.54) is 0 Å². The first-order chi connectivity index (χ1) is 11.6. The highest BCUT2D eigenvalue weighted by Crippen LogP contribution is 2.22. The van der Waals surface area contributed by atoms with E-state index in [4.69, 9.17) is 9.47 Å². The Kier molecular flexibility index (Phi) is 6.24. The molecule has 0 unspecified atom stereocenters. The number of carbonyl (C=O) groups excluding carboxylic acids is 1. The van der Waals surface area contributed by atoms with Gasteiger partial charge in [0, 0.05) is 5.56 Å². The van der Waals surface area contributed by atoms with Gasteiger partial charge in [-0.2, -0.15) is 0 Å². The zero-order valence-electron chi connectivity index (χ0n) is 14.8. The fourth-order valence-electron chi connectivity index (χ4n) is 2.61. The number of carbonyl (C=O) groups is 1. The van der Waals surface area contributed by atoms with Crippen LogP contribution in [0.4, 0.5) is 0 Å². The SMILES string of the molecule is CCOc1ccc(C(=O)N[C@@H](CC)c2ccc(OC)cc2)cc1C. The van der Waals surface area contributed by atoms with Crippen molar-refractivity contribution in [3.05, 3.63) is 59.2 Å². The summed E-state index contributed by atoms with van der Waals surface area (Å²) in [4.78, 5) is 12.6. The standard InChI is InChI=1S/C20H25NO3/c1-5-18(15-7-10-17(23-4)11-8-15)21-20(22)16-9-12-19(24-6-2)14(3)13-16/h7-13,18H,5-6H2,1-4H3,(H,21,22)/t18-/m0/s1. The van der Waals surface area contributed by atoms with Crippen molar-refractivity contribution in [2.24, 2.45) is 0 Å². The molecular weight excluding hydrogens is 302 g/mol. The summed E-state index contributed by atoms with van der Waals surface area (Å²) in [5, 5.41) is 3.09. The van der Waals surface area contributed by atoms with Gasteiger partial charge in [-0.25, -0.2) is 0 Å². The van der Waals surface area contributed by atoms with Crippen molar-refractivity contribution in [1.82, 2.24) is 5.32 Å². The molecule has 0 heterocycles. The normalized spacial score (nSPS) is 11.7. The third-order valence-corrected chi connectivity index (χ3v) is 3.97. The molecule has 4 heteroatoms. The molecule has 1 amide bonds. The summed E-state index contributed by atoms with van der Waals surface area (Å²) in [6, 6.07) is 13.3. The molecule has 0 bridgehead atoms. The van der Waals surface area contributed by atoms with Crippen LogP contribution in [0.25, 0.3) is 0 Å². The fraction of sp³-hybridized carbons (Fsp3) is 0.350. The summed E-state index contributed by atoms with van der Waals surface area (Å²) in [5.41, 5.74) is 2.67. The number of aryl methyl sites for hydroxylation is 1. The first-order valence-corrected chi connectivity index (χ1v) is 8.27. The van der Waals surface area contributed by atoms with Gasteiger partial charge in [-0.3, -0.25) is 4.79 Å². The lowest BCUT2D eigenvalue weighted by Crippen LogP contribution is -2.28. The molecule has 0 fully saturated rings. The zero-order valence-corrected chi connectivity index (χ0v) is 14.8. The molecule has 1 N–H and O–H groups in total. The molecular formula is C20H25NO3. The monoisotopic (exact) mass is 327 g/mol. The van der Waals surface area contributed by atoms with Crippen molar-refractivity contribution in [2.45, 2.75) is 33.2 Å². The maximum absolute atomic E-state index is 12.6. The van der Waals surface area contributed by atoms with Crippen LogP contribution in [0, 0.1) is 6.92 Å². The third-order valence-electron chi connectivity index (χ3n) is 3.97. The molecule has 2 aromatic rings. The minimum Gasteiger partial charge on any atom is -0.497 e. The number of rotatable bonds is 7. The van der Waals surface area contributed by atoms with Gasteiger partial charge in [0.15, 0.2) is 0 Å². The van der Waals surface area contributed by atoms with Crippen molar-refractivity contribution in [3.8, 4) is 11.5 Å². The highest BCUT2D eigenvalue weighted by Gasteiger charge is 2.15. The first-order valence-electron chi connectivity index (χ1n) is 8.27. The zero-order chi connectivity index (χ0) is 17.5. The minimum absolute atomic E-state index is 0.0321. The Bertz CT molecular complexity index is 680. The largest absolute Gasteiger partial charge is 0.497 e. The molecule has 128 valence electrons. The number of methoxy groups -OCH3 is 1. The molecule has 2 rings (SSSR count). The topological polar surface area (TPSA) is 47.6 Å². The van der Waals surface area contributed by atoms with Crippen LogP contribution in [0.5, 0.6) is 11.5 Å². The van der Waals surface area contributed by atoms with E-state index in [1.807, 2.05) is 50.2 Å². The molecule has 0 saturated carbocycles. The van der Waals surface area contributed by atoms with Gasteiger partial charge in [-0.05, 0) is 61.7 Å². The number of hydrogen-bond acceptors (Lipinski definition) is 3. The van der Waals surface area contributed by atoms with Crippen LogP contribution in [0.15, 0.2) is 42.5 Å². The number of nitrogens with one attached hydrogen (secondary N) is 1. The number of benzene rings is 2. The van der Waals surface area contributed by atoms with Gasteiger partial charge in [0.05, 0.1) is 19.8 Å². The number of hydrogen-bond donors (Lipinski definition) is 1. The Morgan fingerprint density at radius 1 is 1.12 bits per heavy atom. The lowest BCUT2D eigenvalue weighted by Gasteiger charge is -2.18. The van der Waals surface area contributed by atoms with E-state index in [2.05, 4.69) is 12.2 Å². The molecule has 24 heavy (non-hydrogen) atoms. The Morgan fingerprint density at radius 3 is 2.38 bits per heavy atom. The Morgan fingerprint density at radius 2 is 1.83 bits per heavy atom. The van der Waals surface area contributed by atoms with E-state index in [1.54, 1.807) is 13.2 Å². The smallest absolute Gasteiger partial charge is 0.251 e. The Labute approximate surface area is 143 Å². The van der Waals surface area contributed by atoms with Crippen LogP contribution in [0.1, 0.15) is 47.8 Å². The molecule has 0 aliphatic carbocycles. The van der Waals surface area contributed by atoms with Crippen molar-refractivity contribution in [1.29, 1.82) is 0 Å². The van der Waals surface area contributed by atoms with E-state index >= 15 is 0 Å². The Hall–Kier alpha value is -2.49. The van der Waals surface area contributed by atoms with Crippen molar-refractivity contribution >= 4 is 5.91 Å². The second kappa shape index (κ2) is 8.39. The van der Waals surface area contributed by atoms with Gasteiger partial charge in [-0.1, -0.05) is 19.1 Å².